The molecule has 0 aliphatic carbocycles. The number of nitrogens with zero attached hydrogens (tertiary/aromatic N) is 3. The zero-order chi connectivity index (χ0) is 27.4. The molecule has 0 saturated heterocycles. The van der Waals surface area contributed by atoms with Crippen LogP contribution in [0.1, 0.15) is 13.8 Å². The number of nitrogens with one attached hydrogen (secondary N) is 3. The fourth-order valence-corrected chi connectivity index (χ4v) is 4.45. The van der Waals surface area contributed by atoms with Gasteiger partial charge in [0.25, 0.3) is 5.88 Å². The van der Waals surface area contributed by atoms with Gasteiger partial charge in [-0.05, 0) is 38.1 Å². The molecule has 0 saturated carbocycles. The fraction of sp³-hybridized carbons (Fsp3) is 0.160. The van der Waals surface area contributed by atoms with Gasteiger partial charge >= 0.3 is 6.09 Å². The van der Waals surface area contributed by atoms with E-state index in [2.05, 4.69) is 25.8 Å². The largest absolute Gasteiger partial charge is 0.411 e. The average Bonchev–Trinajstić information content (AvgIpc) is 3.39. The van der Waals surface area contributed by atoms with Gasteiger partial charge in [0.05, 0.1) is 22.0 Å². The predicted octanol–water partition coefficient (Wildman–Crippen LogP) is 3.67. The third-order valence-corrected chi connectivity index (χ3v) is 7.65. The van der Waals surface area contributed by atoms with E-state index in [-0.39, 0.29) is 28.2 Å². The van der Waals surface area contributed by atoms with Crippen LogP contribution in [-0.2, 0) is 9.84 Å². The number of carbonyl (C=O) groups excluding carboxylic acids is 1. The lowest BCUT2D eigenvalue weighted by Crippen LogP contribution is -2.25. The molecule has 0 spiro atoms. The Kier molecular flexibility index (Phi) is 7.39. The molecular weight excluding hydrogens is 510 g/mol. The van der Waals surface area contributed by atoms with Gasteiger partial charge in [-0.25, -0.2) is 23.2 Å². The summed E-state index contributed by atoms with van der Waals surface area (Å²) in [5.74, 6) is 0.148. The number of aromatic nitrogens is 3. The molecule has 13 heteroatoms. The summed E-state index contributed by atoms with van der Waals surface area (Å²) in [6, 6.07) is 15.0. The molecule has 1 amide bonds. The first-order chi connectivity index (χ1) is 18.1. The van der Waals surface area contributed by atoms with E-state index in [0.29, 0.717) is 22.6 Å². The lowest BCUT2D eigenvalue weighted by molar-refractivity contribution is 0.209. The highest BCUT2D eigenvalue weighted by Crippen LogP contribution is 2.32. The van der Waals surface area contributed by atoms with Gasteiger partial charge in [-0.2, -0.15) is 0 Å². The summed E-state index contributed by atoms with van der Waals surface area (Å²) in [5.41, 5.74) is 8.17. The smallest absolute Gasteiger partial charge is 0.389 e. The monoisotopic (exact) mass is 535 g/mol. The molecule has 2 aromatic carbocycles. The number of hydrogen-bond donors (Lipinski definition) is 4. The minimum atomic E-state index is -3.43. The van der Waals surface area contributed by atoms with Gasteiger partial charge in [0.1, 0.15) is 5.69 Å². The second-order valence-corrected chi connectivity index (χ2v) is 10.9. The lowest BCUT2D eigenvalue weighted by atomic mass is 10.1. The van der Waals surface area contributed by atoms with Crippen molar-refractivity contribution < 1.29 is 22.5 Å². The van der Waals surface area contributed by atoms with Crippen molar-refractivity contribution in [2.45, 2.75) is 24.0 Å². The number of rotatable bonds is 7. The van der Waals surface area contributed by atoms with Crippen molar-refractivity contribution in [2.75, 3.05) is 12.4 Å². The molecule has 0 aliphatic heterocycles. The molecule has 5 N–H and O–H groups in total. The fourth-order valence-electron chi connectivity index (χ4n) is 3.39. The van der Waals surface area contributed by atoms with Crippen LogP contribution in [0.2, 0.25) is 0 Å². The van der Waals surface area contributed by atoms with Crippen molar-refractivity contribution in [1.29, 1.82) is 5.41 Å². The average molecular weight is 536 g/mol. The maximum Gasteiger partial charge on any atom is 0.411 e. The minimum Gasteiger partial charge on any atom is -0.389 e. The van der Waals surface area contributed by atoms with Crippen LogP contribution in [0.15, 0.2) is 70.2 Å². The first-order valence-corrected chi connectivity index (χ1v) is 12.9. The zero-order valence-corrected chi connectivity index (χ0v) is 21.5. The Labute approximate surface area is 218 Å². The van der Waals surface area contributed by atoms with E-state index in [9.17, 15) is 13.2 Å². The van der Waals surface area contributed by atoms with E-state index in [4.69, 9.17) is 20.4 Å². The number of anilines is 1. The lowest BCUT2D eigenvalue weighted by Gasteiger charge is -2.10. The van der Waals surface area contributed by atoms with E-state index in [1.807, 2.05) is 0 Å². The standard InChI is InChI=1S/C25H25N7O5S/c1-14(2)38(34,35)18-10-6-16(7-11-18)20-13-29-23(36-25(27)33)22(31-20)21-12-19(32-37-21)15-4-8-17(9-5-15)30-24(26)28-3/h4-14H,1-3H3,(H2,27,33)(H3,26,28,30). The highest BCUT2D eigenvalue weighted by atomic mass is 32.2. The van der Waals surface area contributed by atoms with Crippen LogP contribution in [-0.4, -0.2) is 47.9 Å². The summed E-state index contributed by atoms with van der Waals surface area (Å²) >= 11 is 0. The predicted molar refractivity (Wildman–Crippen MR) is 141 cm³/mol. The molecule has 4 aromatic rings. The van der Waals surface area contributed by atoms with Crippen LogP contribution in [0.25, 0.3) is 34.0 Å². The topological polar surface area (TPSA) is 186 Å². The minimum absolute atomic E-state index is 0.0830. The SMILES string of the molecule is CNC(=N)Nc1ccc(-c2cc(-c3nc(-c4ccc(S(=O)(=O)C(C)C)cc4)cnc3OC(N)=O)on2)cc1. The van der Waals surface area contributed by atoms with Gasteiger partial charge < -0.3 is 25.6 Å². The molecule has 0 bridgehead atoms. The maximum absolute atomic E-state index is 12.4. The number of nitrogens with two attached hydrogens (primary N) is 1. The molecule has 0 aliphatic rings. The second kappa shape index (κ2) is 10.7. The molecule has 196 valence electrons. The number of carbonyl (C=O) groups is 1. The van der Waals surface area contributed by atoms with Gasteiger partial charge in [-0.3, -0.25) is 5.41 Å². The van der Waals surface area contributed by atoms with E-state index >= 15 is 0 Å². The Balaban J connectivity index is 1.68. The van der Waals surface area contributed by atoms with E-state index in [1.165, 1.54) is 18.3 Å². The summed E-state index contributed by atoms with van der Waals surface area (Å²) in [6.07, 6.45) is 0.297. The van der Waals surface area contributed by atoms with Gasteiger partial charge in [0.2, 0.25) is 0 Å². The van der Waals surface area contributed by atoms with Gasteiger partial charge in [-0.15, -0.1) is 0 Å². The Morgan fingerprint density at radius 3 is 2.29 bits per heavy atom. The molecule has 2 aromatic heterocycles. The molecule has 4 rings (SSSR count). The first kappa shape index (κ1) is 26.3. The number of hydrogen-bond acceptors (Lipinski definition) is 9. The summed E-state index contributed by atoms with van der Waals surface area (Å²) in [7, 11) is -1.79. The van der Waals surface area contributed by atoms with Crippen molar-refractivity contribution in [1.82, 2.24) is 20.4 Å². The number of primary amides is 1. The Bertz CT molecular complexity index is 1580. The van der Waals surface area contributed by atoms with E-state index < -0.39 is 21.2 Å². The van der Waals surface area contributed by atoms with Crippen molar-refractivity contribution in [3.8, 4) is 39.8 Å². The van der Waals surface area contributed by atoms with E-state index in [0.717, 1.165) is 5.56 Å². The zero-order valence-electron chi connectivity index (χ0n) is 20.7. The first-order valence-electron chi connectivity index (χ1n) is 11.4. The highest BCUT2D eigenvalue weighted by molar-refractivity contribution is 7.92. The van der Waals surface area contributed by atoms with Crippen LogP contribution in [0.5, 0.6) is 5.88 Å². The van der Waals surface area contributed by atoms with Crippen LogP contribution < -0.4 is 21.1 Å². The molecule has 38 heavy (non-hydrogen) atoms. The Morgan fingerprint density at radius 2 is 1.68 bits per heavy atom. The maximum atomic E-state index is 12.4. The number of benzene rings is 2. The normalized spacial score (nSPS) is 11.3. The van der Waals surface area contributed by atoms with Gasteiger partial charge in [0.15, 0.2) is 27.3 Å². The Hall–Kier alpha value is -4.78. The molecule has 2 heterocycles. The number of ether oxygens (including phenoxy) is 1. The third-order valence-electron chi connectivity index (χ3n) is 5.48. The van der Waals surface area contributed by atoms with Crippen molar-refractivity contribution in [2.24, 2.45) is 5.73 Å². The summed E-state index contributed by atoms with van der Waals surface area (Å²) in [5, 5.41) is 16.8. The molecular formula is C25H25N7O5S. The summed E-state index contributed by atoms with van der Waals surface area (Å²) in [6.45, 7) is 3.23. The molecule has 12 nitrogen and oxygen atoms in total. The van der Waals surface area contributed by atoms with Crippen LogP contribution in [0.4, 0.5) is 10.5 Å². The van der Waals surface area contributed by atoms with Crippen LogP contribution in [0, 0.1) is 5.41 Å². The summed E-state index contributed by atoms with van der Waals surface area (Å²) < 4.78 is 35.4. The molecule has 0 atom stereocenters. The second-order valence-electron chi connectivity index (χ2n) is 8.35. The van der Waals surface area contributed by atoms with Crippen LogP contribution >= 0.6 is 0 Å². The molecule has 0 unspecified atom stereocenters. The van der Waals surface area contributed by atoms with Gasteiger partial charge in [0, 0.05) is 29.9 Å². The van der Waals surface area contributed by atoms with Crippen molar-refractivity contribution in [3.63, 3.8) is 0 Å². The van der Waals surface area contributed by atoms with Gasteiger partial charge in [-0.1, -0.05) is 29.4 Å². The van der Waals surface area contributed by atoms with Crippen molar-refractivity contribution >= 4 is 27.6 Å². The molecule has 0 fully saturated rings. The van der Waals surface area contributed by atoms with E-state index in [1.54, 1.807) is 63.4 Å². The third kappa shape index (κ3) is 5.62. The number of guanidine groups is 1. The molecule has 0 radical (unpaired) electrons. The number of amides is 1. The number of sulfone groups is 1. The quantitative estimate of drug-likeness (QED) is 0.201. The van der Waals surface area contributed by atoms with Crippen molar-refractivity contribution in [3.05, 3.63) is 60.8 Å². The Morgan fingerprint density at radius 1 is 1.05 bits per heavy atom. The highest BCUT2D eigenvalue weighted by Gasteiger charge is 2.21. The summed E-state index contributed by atoms with van der Waals surface area (Å²) in [4.78, 5) is 20.4. The van der Waals surface area contributed by atoms with Crippen LogP contribution in [0.3, 0.4) is 0 Å².